The highest BCUT2D eigenvalue weighted by molar-refractivity contribution is 5.97. The number of rotatable bonds is 12. The van der Waals surface area contributed by atoms with Gasteiger partial charge in [0.05, 0.1) is 24.3 Å². The molecule has 0 atom stereocenters. The van der Waals surface area contributed by atoms with E-state index in [4.69, 9.17) is 9.47 Å². The highest BCUT2D eigenvalue weighted by atomic mass is 16.5. The van der Waals surface area contributed by atoms with Crippen LogP contribution in [0.1, 0.15) is 54.8 Å². The molecule has 2 aromatic rings. The molecule has 2 aromatic carbocycles. The van der Waals surface area contributed by atoms with Gasteiger partial charge in [0, 0.05) is 13.1 Å². The van der Waals surface area contributed by atoms with Crippen LogP contribution in [0.25, 0.3) is 0 Å². The Morgan fingerprint density at radius 2 is 1.10 bits per heavy atom. The van der Waals surface area contributed by atoms with E-state index < -0.39 is 0 Å². The lowest BCUT2D eigenvalue weighted by Gasteiger charge is -2.14. The predicted octanol–water partition coefficient (Wildman–Crippen LogP) is 4.31. The van der Waals surface area contributed by atoms with Crippen LogP contribution in [0.5, 0.6) is 11.5 Å². The molecule has 0 unspecified atom stereocenters. The summed E-state index contributed by atoms with van der Waals surface area (Å²) in [5.74, 6) is 1.55. The van der Waals surface area contributed by atoms with Crippen molar-refractivity contribution in [1.82, 2.24) is 10.6 Å². The van der Waals surface area contributed by atoms with Crippen molar-refractivity contribution in [1.29, 1.82) is 0 Å². The van der Waals surface area contributed by atoms with Gasteiger partial charge in [-0.25, -0.2) is 0 Å². The molecule has 0 aromatic heterocycles. The smallest absolute Gasteiger partial charge is 0.255 e. The molecule has 2 N–H and O–H groups in total. The summed E-state index contributed by atoms with van der Waals surface area (Å²) in [6, 6.07) is 14.4. The topological polar surface area (TPSA) is 76.7 Å². The molecule has 0 saturated heterocycles. The molecule has 0 aliphatic heterocycles. The van der Waals surface area contributed by atoms with Crippen molar-refractivity contribution >= 4 is 11.8 Å². The molecule has 0 radical (unpaired) electrons. The van der Waals surface area contributed by atoms with E-state index in [-0.39, 0.29) is 11.8 Å². The molecule has 0 heterocycles. The minimum absolute atomic E-state index is 0.182. The third-order valence-corrected chi connectivity index (χ3v) is 4.33. The van der Waals surface area contributed by atoms with Crippen molar-refractivity contribution in [3.05, 3.63) is 59.7 Å². The van der Waals surface area contributed by atoms with Crippen LogP contribution in [0.15, 0.2) is 48.5 Å². The van der Waals surface area contributed by atoms with Gasteiger partial charge < -0.3 is 20.1 Å². The molecule has 31 heavy (non-hydrogen) atoms. The first-order valence-corrected chi connectivity index (χ1v) is 10.9. The van der Waals surface area contributed by atoms with Gasteiger partial charge in [-0.05, 0) is 42.5 Å². The summed E-state index contributed by atoms with van der Waals surface area (Å²) in [6.45, 7) is 10.2. The number of hydrogen-bond donors (Lipinski definition) is 2. The minimum Gasteiger partial charge on any atom is -0.492 e. The Labute approximate surface area is 185 Å². The van der Waals surface area contributed by atoms with Gasteiger partial charge >= 0.3 is 0 Å². The van der Waals surface area contributed by atoms with Crippen molar-refractivity contribution < 1.29 is 19.1 Å². The Morgan fingerprint density at radius 1 is 0.710 bits per heavy atom. The fourth-order valence-corrected chi connectivity index (χ4v) is 2.76. The lowest BCUT2D eigenvalue weighted by Crippen LogP contribution is -2.30. The Morgan fingerprint density at radius 3 is 1.48 bits per heavy atom. The summed E-state index contributed by atoms with van der Waals surface area (Å²) < 4.78 is 11.5. The Hall–Kier alpha value is -3.02. The average Bonchev–Trinajstić information content (AvgIpc) is 2.76. The fraction of sp³-hybridized carbons (Fsp3) is 0.440. The van der Waals surface area contributed by atoms with Crippen LogP contribution in [-0.2, 0) is 0 Å². The quantitative estimate of drug-likeness (QED) is 0.496. The maximum absolute atomic E-state index is 12.5. The monoisotopic (exact) mass is 426 g/mol. The third-order valence-electron chi connectivity index (χ3n) is 4.33. The normalized spacial score (nSPS) is 10.8. The number of ether oxygens (including phenoxy) is 2. The standard InChI is InChI=1S/C25H34N2O4/c1-18(2)16-30-22-12-7-5-10-20(22)24(28)26-14-9-15-27-25(29)21-11-6-8-13-23(21)31-17-19(3)4/h5-8,10-13,18-19H,9,14-17H2,1-4H3,(H,26,28)(H,27,29). The Kier molecular flexibility index (Phi) is 9.88. The molecule has 0 spiro atoms. The number of amides is 2. The molecule has 0 bridgehead atoms. The molecular formula is C25H34N2O4. The number of carbonyl (C=O) groups is 2. The molecule has 0 aliphatic carbocycles. The van der Waals surface area contributed by atoms with E-state index in [0.717, 1.165) is 0 Å². The van der Waals surface area contributed by atoms with Crippen LogP contribution in [0.2, 0.25) is 0 Å². The summed E-state index contributed by atoms with van der Waals surface area (Å²) >= 11 is 0. The molecule has 0 saturated carbocycles. The molecular weight excluding hydrogens is 392 g/mol. The molecule has 168 valence electrons. The van der Waals surface area contributed by atoms with Gasteiger partial charge in [0.1, 0.15) is 11.5 Å². The highest BCUT2D eigenvalue weighted by Gasteiger charge is 2.14. The van der Waals surface area contributed by atoms with Crippen molar-refractivity contribution in [3.63, 3.8) is 0 Å². The van der Waals surface area contributed by atoms with Gasteiger partial charge in [0.15, 0.2) is 0 Å². The average molecular weight is 427 g/mol. The van der Waals surface area contributed by atoms with Crippen molar-refractivity contribution in [3.8, 4) is 11.5 Å². The summed E-state index contributed by atoms with van der Waals surface area (Å²) in [4.78, 5) is 25.0. The Balaban J connectivity index is 1.79. The Bertz CT molecular complexity index is 779. The maximum Gasteiger partial charge on any atom is 0.255 e. The van der Waals surface area contributed by atoms with Gasteiger partial charge in [0.2, 0.25) is 0 Å². The lowest BCUT2D eigenvalue weighted by molar-refractivity contribution is 0.0947. The first-order valence-electron chi connectivity index (χ1n) is 10.9. The first kappa shape index (κ1) is 24.3. The SMILES string of the molecule is CC(C)COc1ccccc1C(=O)NCCCNC(=O)c1ccccc1OCC(C)C. The van der Waals surface area contributed by atoms with Crippen molar-refractivity contribution in [2.24, 2.45) is 11.8 Å². The van der Waals surface area contributed by atoms with E-state index in [0.29, 0.717) is 67.2 Å². The third kappa shape index (κ3) is 8.32. The molecule has 0 aliphatic rings. The van der Waals surface area contributed by atoms with Gasteiger partial charge in [-0.2, -0.15) is 0 Å². The van der Waals surface area contributed by atoms with Crippen LogP contribution >= 0.6 is 0 Å². The van der Waals surface area contributed by atoms with E-state index >= 15 is 0 Å². The van der Waals surface area contributed by atoms with E-state index in [9.17, 15) is 9.59 Å². The zero-order valence-electron chi connectivity index (χ0n) is 18.9. The number of para-hydroxylation sites is 2. The largest absolute Gasteiger partial charge is 0.492 e. The van der Waals surface area contributed by atoms with Gasteiger partial charge in [0.25, 0.3) is 11.8 Å². The van der Waals surface area contributed by atoms with Crippen molar-refractivity contribution in [2.45, 2.75) is 34.1 Å². The van der Waals surface area contributed by atoms with E-state index in [2.05, 4.69) is 38.3 Å². The summed E-state index contributed by atoms with van der Waals surface area (Å²) in [7, 11) is 0. The molecule has 2 amide bonds. The summed E-state index contributed by atoms with van der Waals surface area (Å²) in [6.07, 6.45) is 0.613. The number of hydrogen-bond acceptors (Lipinski definition) is 4. The molecule has 6 heteroatoms. The van der Waals surface area contributed by atoms with Crippen molar-refractivity contribution in [2.75, 3.05) is 26.3 Å². The first-order chi connectivity index (χ1) is 14.9. The predicted molar refractivity (Wildman–Crippen MR) is 123 cm³/mol. The summed E-state index contributed by atoms with van der Waals surface area (Å²) in [5, 5.41) is 5.78. The zero-order valence-corrected chi connectivity index (χ0v) is 18.9. The van der Waals surface area contributed by atoms with E-state index in [1.54, 1.807) is 24.3 Å². The molecule has 6 nitrogen and oxygen atoms in total. The lowest BCUT2D eigenvalue weighted by atomic mass is 10.1. The van der Waals surface area contributed by atoms with Gasteiger partial charge in [-0.15, -0.1) is 0 Å². The maximum atomic E-state index is 12.5. The second kappa shape index (κ2) is 12.6. The second-order valence-electron chi connectivity index (χ2n) is 8.27. The fourth-order valence-electron chi connectivity index (χ4n) is 2.76. The van der Waals surface area contributed by atoms with Crippen LogP contribution in [-0.4, -0.2) is 38.1 Å². The van der Waals surface area contributed by atoms with E-state index in [1.807, 2.05) is 24.3 Å². The molecule has 2 rings (SSSR count). The molecule has 0 fully saturated rings. The van der Waals surface area contributed by atoms with Crippen LogP contribution in [0.3, 0.4) is 0 Å². The summed E-state index contributed by atoms with van der Waals surface area (Å²) in [5.41, 5.74) is 1.03. The number of benzene rings is 2. The van der Waals surface area contributed by atoms with Gasteiger partial charge in [-0.1, -0.05) is 52.0 Å². The zero-order chi connectivity index (χ0) is 22.6. The number of nitrogens with one attached hydrogen (secondary N) is 2. The second-order valence-corrected chi connectivity index (χ2v) is 8.27. The van der Waals surface area contributed by atoms with Gasteiger partial charge in [-0.3, -0.25) is 9.59 Å². The van der Waals surface area contributed by atoms with E-state index in [1.165, 1.54) is 0 Å². The minimum atomic E-state index is -0.182. The van der Waals surface area contributed by atoms with Crippen LogP contribution < -0.4 is 20.1 Å². The van der Waals surface area contributed by atoms with Crippen LogP contribution in [0.4, 0.5) is 0 Å². The number of carbonyl (C=O) groups excluding carboxylic acids is 2. The highest BCUT2D eigenvalue weighted by Crippen LogP contribution is 2.19. The van der Waals surface area contributed by atoms with Crippen LogP contribution in [0, 0.1) is 11.8 Å².